The van der Waals surface area contributed by atoms with Gasteiger partial charge in [0.25, 0.3) is 0 Å². The Kier molecular flexibility index (Phi) is 3.94. The molecule has 1 aromatic carbocycles. The van der Waals surface area contributed by atoms with E-state index >= 15 is 0 Å². The summed E-state index contributed by atoms with van der Waals surface area (Å²) in [5, 5.41) is 11.9. The molecule has 0 aliphatic heterocycles. The van der Waals surface area contributed by atoms with Gasteiger partial charge in [-0.2, -0.15) is 0 Å². The number of benzene rings is 1. The van der Waals surface area contributed by atoms with Crippen LogP contribution in [0.2, 0.25) is 5.02 Å². The summed E-state index contributed by atoms with van der Waals surface area (Å²) in [6.45, 7) is 3.38. The molecular formula is C12H16ClN5O2S. The number of sulfone groups is 1. The van der Waals surface area contributed by atoms with Gasteiger partial charge < -0.3 is 5.73 Å². The highest BCUT2D eigenvalue weighted by molar-refractivity contribution is 7.92. The largest absolute Gasteiger partial charge is 0.399 e. The van der Waals surface area contributed by atoms with Crippen molar-refractivity contribution in [2.45, 2.75) is 25.1 Å². The van der Waals surface area contributed by atoms with E-state index in [4.69, 9.17) is 17.3 Å². The Balaban J connectivity index is 2.44. The Bertz CT molecular complexity index is 749. The Morgan fingerprint density at radius 3 is 2.57 bits per heavy atom. The fourth-order valence-corrected chi connectivity index (χ4v) is 2.34. The summed E-state index contributed by atoms with van der Waals surface area (Å²) in [4.78, 5) is 0. The van der Waals surface area contributed by atoms with E-state index in [0.29, 0.717) is 22.1 Å². The van der Waals surface area contributed by atoms with E-state index in [1.165, 1.54) is 10.9 Å². The first-order valence-electron chi connectivity index (χ1n) is 6.12. The fraction of sp³-hybridized carbons (Fsp3) is 0.417. The third-order valence-corrected chi connectivity index (χ3v) is 5.60. The number of rotatable bonds is 4. The van der Waals surface area contributed by atoms with E-state index in [1.54, 1.807) is 32.0 Å². The Hall–Kier alpha value is -1.67. The Labute approximate surface area is 128 Å². The highest BCUT2D eigenvalue weighted by Gasteiger charge is 2.32. The molecule has 0 atom stereocenters. The van der Waals surface area contributed by atoms with Crippen molar-refractivity contribution >= 4 is 27.1 Å². The van der Waals surface area contributed by atoms with Crippen molar-refractivity contribution in [2.24, 2.45) is 0 Å². The van der Waals surface area contributed by atoms with Crippen LogP contribution in [0.5, 0.6) is 0 Å². The van der Waals surface area contributed by atoms with Crippen LogP contribution in [0.15, 0.2) is 18.2 Å². The number of tetrazole rings is 1. The zero-order valence-electron chi connectivity index (χ0n) is 11.9. The van der Waals surface area contributed by atoms with Gasteiger partial charge in [0, 0.05) is 22.5 Å². The molecule has 1 aromatic heterocycles. The van der Waals surface area contributed by atoms with Crippen LogP contribution in [0, 0.1) is 0 Å². The lowest BCUT2D eigenvalue weighted by Crippen LogP contribution is -2.36. The third-order valence-electron chi connectivity index (χ3n) is 3.24. The van der Waals surface area contributed by atoms with Crippen LogP contribution >= 0.6 is 11.6 Å². The molecule has 0 amide bonds. The van der Waals surface area contributed by atoms with Crippen molar-refractivity contribution < 1.29 is 8.42 Å². The third kappa shape index (κ3) is 3.33. The summed E-state index contributed by atoms with van der Waals surface area (Å²) in [6, 6.07) is 4.97. The average Bonchev–Trinajstić information content (AvgIpc) is 2.73. The average molecular weight is 330 g/mol. The van der Waals surface area contributed by atoms with Crippen molar-refractivity contribution in [3.8, 4) is 11.4 Å². The maximum Gasteiger partial charge on any atom is 0.182 e. The number of halogens is 1. The van der Waals surface area contributed by atoms with E-state index in [0.717, 1.165) is 0 Å². The van der Waals surface area contributed by atoms with Gasteiger partial charge in [-0.05, 0) is 42.5 Å². The van der Waals surface area contributed by atoms with Gasteiger partial charge in [-0.1, -0.05) is 11.6 Å². The molecule has 2 aromatic rings. The van der Waals surface area contributed by atoms with Gasteiger partial charge in [-0.15, -0.1) is 5.10 Å². The zero-order chi connectivity index (χ0) is 15.8. The lowest BCUT2D eigenvalue weighted by atomic mass is 10.1. The normalized spacial score (nSPS) is 12.6. The van der Waals surface area contributed by atoms with E-state index in [9.17, 15) is 8.42 Å². The molecule has 0 unspecified atom stereocenters. The predicted molar refractivity (Wildman–Crippen MR) is 81.6 cm³/mol. The van der Waals surface area contributed by atoms with Crippen LogP contribution in [0.3, 0.4) is 0 Å². The monoisotopic (exact) mass is 329 g/mol. The second kappa shape index (κ2) is 5.27. The summed E-state index contributed by atoms with van der Waals surface area (Å²) in [7, 11) is -3.26. The molecule has 0 bridgehead atoms. The van der Waals surface area contributed by atoms with Crippen LogP contribution in [-0.2, 0) is 16.4 Å². The molecule has 7 nitrogen and oxygen atoms in total. The van der Waals surface area contributed by atoms with Crippen molar-refractivity contribution in [3.05, 3.63) is 23.2 Å². The van der Waals surface area contributed by atoms with Gasteiger partial charge in [0.2, 0.25) is 0 Å². The SMILES string of the molecule is CC(C)(Cn1nnnc1-c1cc(N)cc(Cl)c1)S(C)(=O)=O. The lowest BCUT2D eigenvalue weighted by molar-refractivity contribution is 0.471. The lowest BCUT2D eigenvalue weighted by Gasteiger charge is -2.22. The molecule has 0 saturated carbocycles. The molecule has 114 valence electrons. The fourth-order valence-electron chi connectivity index (χ4n) is 1.74. The quantitative estimate of drug-likeness (QED) is 0.850. The van der Waals surface area contributed by atoms with E-state index < -0.39 is 14.6 Å². The number of nitrogens with two attached hydrogens (primary N) is 1. The summed E-state index contributed by atoms with van der Waals surface area (Å²) in [5.74, 6) is 0.418. The van der Waals surface area contributed by atoms with Gasteiger partial charge in [-0.3, -0.25) is 0 Å². The van der Waals surface area contributed by atoms with Crippen LogP contribution in [0.4, 0.5) is 5.69 Å². The van der Waals surface area contributed by atoms with Crippen molar-refractivity contribution in [1.29, 1.82) is 0 Å². The van der Waals surface area contributed by atoms with Gasteiger partial charge in [-0.25, -0.2) is 13.1 Å². The predicted octanol–water partition coefficient (Wildman–Crippen LogP) is 1.40. The van der Waals surface area contributed by atoms with E-state index in [1.807, 2.05) is 0 Å². The van der Waals surface area contributed by atoms with Crippen LogP contribution in [0.1, 0.15) is 13.8 Å². The van der Waals surface area contributed by atoms with E-state index in [2.05, 4.69) is 15.5 Å². The van der Waals surface area contributed by atoms with Crippen molar-refractivity contribution in [2.75, 3.05) is 12.0 Å². The molecule has 0 radical (unpaired) electrons. The maximum atomic E-state index is 11.8. The number of nitrogens with zero attached hydrogens (tertiary/aromatic N) is 4. The number of hydrogen-bond donors (Lipinski definition) is 1. The second-order valence-electron chi connectivity index (χ2n) is 5.47. The summed E-state index contributed by atoms with van der Waals surface area (Å²) >= 11 is 5.97. The molecule has 2 rings (SSSR count). The molecule has 2 N–H and O–H groups in total. The molecule has 0 spiro atoms. The maximum absolute atomic E-state index is 11.8. The first-order chi connectivity index (χ1) is 9.60. The van der Waals surface area contributed by atoms with Gasteiger partial charge in [0.05, 0.1) is 11.3 Å². The smallest absolute Gasteiger partial charge is 0.182 e. The van der Waals surface area contributed by atoms with Crippen molar-refractivity contribution in [3.63, 3.8) is 0 Å². The molecule has 0 aliphatic carbocycles. The topological polar surface area (TPSA) is 104 Å². The molecule has 1 heterocycles. The number of nitrogen functional groups attached to an aromatic ring is 1. The highest BCUT2D eigenvalue weighted by Crippen LogP contribution is 2.26. The molecular weight excluding hydrogens is 314 g/mol. The Morgan fingerprint density at radius 1 is 1.33 bits per heavy atom. The number of anilines is 1. The van der Waals surface area contributed by atoms with Crippen molar-refractivity contribution in [1.82, 2.24) is 20.2 Å². The van der Waals surface area contributed by atoms with Crippen LogP contribution in [-0.4, -0.2) is 39.6 Å². The van der Waals surface area contributed by atoms with Crippen LogP contribution < -0.4 is 5.73 Å². The van der Waals surface area contributed by atoms with Crippen LogP contribution in [0.25, 0.3) is 11.4 Å². The molecule has 21 heavy (non-hydrogen) atoms. The zero-order valence-corrected chi connectivity index (χ0v) is 13.5. The molecule has 0 aliphatic rings. The number of aromatic nitrogens is 4. The van der Waals surface area contributed by atoms with Gasteiger partial charge in [0.15, 0.2) is 15.7 Å². The van der Waals surface area contributed by atoms with Gasteiger partial charge >= 0.3 is 0 Å². The van der Waals surface area contributed by atoms with E-state index in [-0.39, 0.29) is 6.54 Å². The minimum absolute atomic E-state index is 0.126. The summed E-state index contributed by atoms with van der Waals surface area (Å²) < 4.78 is 24.1. The first kappa shape index (κ1) is 15.7. The Morgan fingerprint density at radius 2 is 2.00 bits per heavy atom. The number of hydrogen-bond acceptors (Lipinski definition) is 6. The molecule has 0 fully saturated rings. The van der Waals surface area contributed by atoms with Gasteiger partial charge in [0.1, 0.15) is 0 Å². The first-order valence-corrected chi connectivity index (χ1v) is 8.39. The molecule has 0 saturated heterocycles. The minimum Gasteiger partial charge on any atom is -0.399 e. The molecule has 9 heteroatoms. The standard InChI is InChI=1S/C12H16ClN5O2S/c1-12(2,21(3,19)20)7-18-11(15-16-17-18)8-4-9(13)6-10(14)5-8/h4-6H,7,14H2,1-3H3. The highest BCUT2D eigenvalue weighted by atomic mass is 35.5. The minimum atomic E-state index is -3.26. The summed E-state index contributed by atoms with van der Waals surface area (Å²) in [6.07, 6.45) is 1.19. The second-order valence-corrected chi connectivity index (χ2v) is 8.55. The summed E-state index contributed by atoms with van der Waals surface area (Å²) in [5.41, 5.74) is 6.87.